The van der Waals surface area contributed by atoms with E-state index in [0.717, 1.165) is 12.8 Å². The first-order valence-corrected chi connectivity index (χ1v) is 8.59. The van der Waals surface area contributed by atoms with Gasteiger partial charge in [-0.05, 0) is 44.7 Å². The molecule has 1 heterocycles. The summed E-state index contributed by atoms with van der Waals surface area (Å²) in [6.07, 6.45) is 7.91. The average Bonchev–Trinajstić information content (AvgIpc) is 2.45. The number of unbranched alkanes of at least 4 members (excludes halogenated alkanes) is 2. The van der Waals surface area contributed by atoms with E-state index in [-0.39, 0.29) is 18.0 Å². The molecule has 0 aliphatic carbocycles. The molecule has 2 rings (SSSR count). The SMILES string of the molecule is CCCCC/C(=C\c1ccccc1)[C@H]1O[C@H](C)CC(C)(C)O1. The van der Waals surface area contributed by atoms with E-state index >= 15 is 0 Å². The van der Waals surface area contributed by atoms with Crippen LogP contribution >= 0.6 is 0 Å². The Morgan fingerprint density at radius 2 is 1.95 bits per heavy atom. The molecule has 122 valence electrons. The van der Waals surface area contributed by atoms with Crippen molar-refractivity contribution in [2.45, 2.75) is 77.8 Å². The molecule has 2 heteroatoms. The minimum atomic E-state index is -0.212. The zero-order valence-corrected chi connectivity index (χ0v) is 14.5. The van der Waals surface area contributed by atoms with E-state index in [1.807, 2.05) is 6.07 Å². The monoisotopic (exact) mass is 302 g/mol. The number of hydrogen-bond donors (Lipinski definition) is 0. The van der Waals surface area contributed by atoms with Crippen molar-refractivity contribution in [2.75, 3.05) is 0 Å². The molecule has 0 amide bonds. The fraction of sp³-hybridized carbons (Fsp3) is 0.600. The van der Waals surface area contributed by atoms with Crippen molar-refractivity contribution in [3.8, 4) is 0 Å². The van der Waals surface area contributed by atoms with Gasteiger partial charge in [0.2, 0.25) is 0 Å². The summed E-state index contributed by atoms with van der Waals surface area (Å²) in [7, 11) is 0. The molecule has 1 aliphatic rings. The number of ether oxygens (including phenoxy) is 2. The molecular formula is C20H30O2. The number of rotatable bonds is 6. The van der Waals surface area contributed by atoms with E-state index in [0.29, 0.717) is 0 Å². The van der Waals surface area contributed by atoms with E-state index in [4.69, 9.17) is 9.47 Å². The Morgan fingerprint density at radius 1 is 1.23 bits per heavy atom. The van der Waals surface area contributed by atoms with E-state index < -0.39 is 0 Å². The maximum atomic E-state index is 6.22. The van der Waals surface area contributed by atoms with Crippen LogP contribution in [-0.2, 0) is 9.47 Å². The quantitative estimate of drug-likeness (QED) is 0.639. The molecule has 0 aromatic heterocycles. The zero-order chi connectivity index (χ0) is 16.0. The smallest absolute Gasteiger partial charge is 0.181 e. The second-order valence-corrected chi connectivity index (χ2v) is 6.95. The Morgan fingerprint density at radius 3 is 2.59 bits per heavy atom. The minimum absolute atomic E-state index is 0.122. The Labute approximate surface area is 135 Å². The normalized spacial score (nSPS) is 25.2. The molecule has 2 nitrogen and oxygen atoms in total. The molecule has 1 aromatic carbocycles. The highest BCUT2D eigenvalue weighted by Gasteiger charge is 2.34. The lowest BCUT2D eigenvalue weighted by atomic mass is 9.97. The van der Waals surface area contributed by atoms with Crippen LogP contribution in [0.15, 0.2) is 35.9 Å². The van der Waals surface area contributed by atoms with Crippen molar-refractivity contribution in [1.29, 1.82) is 0 Å². The van der Waals surface area contributed by atoms with Gasteiger partial charge in [-0.15, -0.1) is 0 Å². The summed E-state index contributed by atoms with van der Waals surface area (Å²) in [6.45, 7) is 8.69. The predicted octanol–water partition coefficient (Wildman–Crippen LogP) is 5.58. The van der Waals surface area contributed by atoms with E-state index in [1.165, 1.54) is 30.4 Å². The highest BCUT2D eigenvalue weighted by molar-refractivity contribution is 5.53. The third-order valence-electron chi connectivity index (χ3n) is 4.08. The van der Waals surface area contributed by atoms with E-state index in [2.05, 4.69) is 58.0 Å². The van der Waals surface area contributed by atoms with Gasteiger partial charge >= 0.3 is 0 Å². The van der Waals surface area contributed by atoms with Gasteiger partial charge in [-0.1, -0.05) is 56.2 Å². The van der Waals surface area contributed by atoms with Crippen LogP contribution in [0.2, 0.25) is 0 Å². The van der Waals surface area contributed by atoms with Crippen LogP contribution < -0.4 is 0 Å². The van der Waals surface area contributed by atoms with Crippen molar-refractivity contribution < 1.29 is 9.47 Å². The lowest BCUT2D eigenvalue weighted by Crippen LogP contribution is -2.43. The largest absolute Gasteiger partial charge is 0.346 e. The van der Waals surface area contributed by atoms with Gasteiger partial charge in [0, 0.05) is 6.42 Å². The average molecular weight is 302 g/mol. The maximum absolute atomic E-state index is 6.22. The molecule has 0 bridgehead atoms. The molecule has 1 fully saturated rings. The molecule has 1 aliphatic heterocycles. The van der Waals surface area contributed by atoms with Crippen LogP contribution in [0.5, 0.6) is 0 Å². The highest BCUT2D eigenvalue weighted by Crippen LogP contribution is 2.32. The zero-order valence-electron chi connectivity index (χ0n) is 14.5. The van der Waals surface area contributed by atoms with E-state index in [1.54, 1.807) is 0 Å². The second-order valence-electron chi connectivity index (χ2n) is 6.95. The first-order valence-electron chi connectivity index (χ1n) is 8.59. The van der Waals surface area contributed by atoms with Crippen molar-refractivity contribution in [3.63, 3.8) is 0 Å². The summed E-state index contributed by atoms with van der Waals surface area (Å²) >= 11 is 0. The summed E-state index contributed by atoms with van der Waals surface area (Å²) in [4.78, 5) is 0. The Balaban J connectivity index is 2.18. The molecular weight excluding hydrogens is 272 g/mol. The molecule has 22 heavy (non-hydrogen) atoms. The molecule has 0 saturated carbocycles. The summed E-state index contributed by atoms with van der Waals surface area (Å²) in [5.74, 6) is 0. The minimum Gasteiger partial charge on any atom is -0.346 e. The van der Waals surface area contributed by atoms with Gasteiger partial charge in [0.05, 0.1) is 11.7 Å². The van der Waals surface area contributed by atoms with Crippen molar-refractivity contribution >= 4 is 6.08 Å². The second kappa shape index (κ2) is 7.94. The summed E-state index contributed by atoms with van der Waals surface area (Å²) in [5.41, 5.74) is 2.36. The van der Waals surface area contributed by atoms with Crippen molar-refractivity contribution in [2.24, 2.45) is 0 Å². The van der Waals surface area contributed by atoms with Gasteiger partial charge in [-0.25, -0.2) is 0 Å². The molecule has 0 unspecified atom stereocenters. The lowest BCUT2D eigenvalue weighted by molar-refractivity contribution is -0.252. The standard InChI is InChI=1S/C20H30O2/c1-5-6-8-13-18(14-17-11-9-7-10-12-17)19-21-16(2)15-20(3,4)22-19/h7,9-12,14,16,19H,5-6,8,13,15H2,1-4H3/b18-14+/t16-,19+/m1/s1. The Hall–Kier alpha value is -1.12. The van der Waals surface area contributed by atoms with Crippen LogP contribution in [0, 0.1) is 0 Å². The van der Waals surface area contributed by atoms with Crippen LogP contribution in [0.1, 0.15) is 65.4 Å². The number of hydrogen-bond acceptors (Lipinski definition) is 2. The van der Waals surface area contributed by atoms with Crippen LogP contribution in [-0.4, -0.2) is 18.0 Å². The number of benzene rings is 1. The molecule has 0 spiro atoms. The third-order valence-corrected chi connectivity index (χ3v) is 4.08. The van der Waals surface area contributed by atoms with Gasteiger partial charge in [0.15, 0.2) is 6.29 Å². The molecule has 0 N–H and O–H groups in total. The van der Waals surface area contributed by atoms with Crippen LogP contribution in [0.4, 0.5) is 0 Å². The van der Waals surface area contributed by atoms with Crippen molar-refractivity contribution in [1.82, 2.24) is 0 Å². The van der Waals surface area contributed by atoms with Crippen molar-refractivity contribution in [3.05, 3.63) is 41.5 Å². The summed E-state index contributed by atoms with van der Waals surface area (Å²) in [6, 6.07) is 10.5. The van der Waals surface area contributed by atoms with Gasteiger partial charge in [0.25, 0.3) is 0 Å². The fourth-order valence-corrected chi connectivity index (χ4v) is 3.08. The van der Waals surface area contributed by atoms with Crippen LogP contribution in [0.3, 0.4) is 0 Å². The molecule has 1 saturated heterocycles. The fourth-order valence-electron chi connectivity index (χ4n) is 3.08. The first-order chi connectivity index (χ1) is 10.5. The summed E-state index contributed by atoms with van der Waals surface area (Å²) in [5, 5.41) is 0. The van der Waals surface area contributed by atoms with Gasteiger partial charge in [0.1, 0.15) is 0 Å². The Kier molecular flexibility index (Phi) is 6.22. The lowest BCUT2D eigenvalue weighted by Gasteiger charge is -2.40. The molecule has 0 radical (unpaired) electrons. The van der Waals surface area contributed by atoms with Gasteiger partial charge < -0.3 is 9.47 Å². The van der Waals surface area contributed by atoms with Gasteiger partial charge in [-0.3, -0.25) is 0 Å². The summed E-state index contributed by atoms with van der Waals surface area (Å²) < 4.78 is 12.3. The topological polar surface area (TPSA) is 18.5 Å². The van der Waals surface area contributed by atoms with Crippen LogP contribution in [0.25, 0.3) is 6.08 Å². The predicted molar refractivity (Wildman–Crippen MR) is 92.7 cm³/mol. The Bertz CT molecular complexity index is 476. The molecule has 1 aromatic rings. The molecule has 2 atom stereocenters. The maximum Gasteiger partial charge on any atom is 0.181 e. The van der Waals surface area contributed by atoms with E-state index in [9.17, 15) is 0 Å². The van der Waals surface area contributed by atoms with Gasteiger partial charge in [-0.2, -0.15) is 0 Å². The highest BCUT2D eigenvalue weighted by atomic mass is 16.7. The third kappa shape index (κ3) is 5.26. The first kappa shape index (κ1) is 17.2.